The molecule has 2 aromatic heterocycles. The zero-order valence-electron chi connectivity index (χ0n) is 12.7. The van der Waals surface area contributed by atoms with Crippen molar-refractivity contribution < 1.29 is 4.79 Å². The van der Waals surface area contributed by atoms with Crippen LogP contribution in [0.1, 0.15) is 38.4 Å². The maximum Gasteiger partial charge on any atom is 0.228 e. The lowest BCUT2D eigenvalue weighted by Crippen LogP contribution is -2.48. The molecule has 0 unspecified atom stereocenters. The van der Waals surface area contributed by atoms with Crippen LogP contribution in [0.4, 0.5) is 0 Å². The van der Waals surface area contributed by atoms with Crippen molar-refractivity contribution in [2.45, 2.75) is 51.2 Å². The van der Waals surface area contributed by atoms with Crippen LogP contribution in [-0.2, 0) is 11.3 Å². The van der Waals surface area contributed by atoms with Gasteiger partial charge in [0.2, 0.25) is 5.91 Å². The van der Waals surface area contributed by atoms with E-state index in [1.54, 1.807) is 0 Å². The van der Waals surface area contributed by atoms with Crippen LogP contribution in [-0.4, -0.2) is 32.6 Å². The van der Waals surface area contributed by atoms with E-state index in [0.29, 0.717) is 18.6 Å². The second-order valence-electron chi connectivity index (χ2n) is 6.44. The molecule has 2 aliphatic heterocycles. The van der Waals surface area contributed by atoms with E-state index in [9.17, 15) is 4.79 Å². The molecule has 22 heavy (non-hydrogen) atoms. The first-order chi connectivity index (χ1) is 10.7. The van der Waals surface area contributed by atoms with Gasteiger partial charge in [0.15, 0.2) is 11.5 Å². The number of fused-ring (bicyclic) bond motifs is 3. The summed E-state index contributed by atoms with van der Waals surface area (Å²) >= 11 is 0. The summed E-state index contributed by atoms with van der Waals surface area (Å²) in [4.78, 5) is 12.8. The van der Waals surface area contributed by atoms with Crippen LogP contribution >= 0.6 is 0 Å². The van der Waals surface area contributed by atoms with Crippen molar-refractivity contribution in [1.82, 2.24) is 25.2 Å². The molecule has 2 saturated heterocycles. The molecule has 0 saturated carbocycles. The Morgan fingerprint density at radius 3 is 3.09 bits per heavy atom. The third kappa shape index (κ3) is 1.94. The number of hydrogen-bond acceptors (Lipinski definition) is 4. The summed E-state index contributed by atoms with van der Waals surface area (Å²) in [7, 11) is 0. The minimum atomic E-state index is -0.247. The Bertz CT molecular complexity index is 711. The van der Waals surface area contributed by atoms with Gasteiger partial charge in [-0.05, 0) is 37.8 Å². The number of pyridine rings is 1. The van der Waals surface area contributed by atoms with Gasteiger partial charge in [0.25, 0.3) is 0 Å². The smallest absolute Gasteiger partial charge is 0.228 e. The van der Waals surface area contributed by atoms with Gasteiger partial charge in [-0.3, -0.25) is 9.20 Å². The quantitative estimate of drug-likeness (QED) is 0.892. The van der Waals surface area contributed by atoms with Crippen LogP contribution in [0.25, 0.3) is 5.65 Å². The van der Waals surface area contributed by atoms with Gasteiger partial charge in [-0.15, -0.1) is 10.2 Å². The monoisotopic (exact) mass is 299 g/mol. The molecule has 2 aromatic rings. The molecule has 0 aliphatic carbocycles. The van der Waals surface area contributed by atoms with Gasteiger partial charge in [-0.25, -0.2) is 0 Å². The first-order valence-corrected chi connectivity index (χ1v) is 8.06. The molecule has 2 bridgehead atoms. The van der Waals surface area contributed by atoms with Crippen LogP contribution in [0.5, 0.6) is 0 Å². The Labute approximate surface area is 129 Å². The fourth-order valence-corrected chi connectivity index (χ4v) is 4.15. The van der Waals surface area contributed by atoms with Gasteiger partial charge in [0.05, 0.1) is 12.0 Å². The van der Waals surface area contributed by atoms with E-state index >= 15 is 0 Å². The highest BCUT2D eigenvalue weighted by molar-refractivity contribution is 5.84. The van der Waals surface area contributed by atoms with Gasteiger partial charge in [0.1, 0.15) is 0 Å². The number of hydrogen-bond donors (Lipinski definition) is 2. The molecule has 6 heteroatoms. The van der Waals surface area contributed by atoms with Crippen molar-refractivity contribution in [1.29, 1.82) is 0 Å². The fraction of sp³-hybridized carbons (Fsp3) is 0.562. The van der Waals surface area contributed by atoms with Gasteiger partial charge in [-0.2, -0.15) is 0 Å². The second-order valence-corrected chi connectivity index (χ2v) is 6.44. The minimum Gasteiger partial charge on any atom is -0.348 e. The largest absolute Gasteiger partial charge is 0.348 e. The van der Waals surface area contributed by atoms with Crippen molar-refractivity contribution in [3.05, 3.63) is 30.2 Å². The standard InChI is InChI=1S/C16H21N5O/c1-2-16(9-11-6-7-12(16)18-11)15(22)17-10-14-20-19-13-5-3-4-8-21(13)14/h3-5,8,11-12,18H,2,6-7,9-10H2,1H3,(H,17,22)/t11-,12+,16+/m0/s1. The van der Waals surface area contributed by atoms with E-state index in [4.69, 9.17) is 0 Å². The summed E-state index contributed by atoms with van der Waals surface area (Å²) in [6.45, 7) is 2.54. The molecule has 1 amide bonds. The lowest BCUT2D eigenvalue weighted by atomic mass is 9.71. The number of carbonyl (C=O) groups is 1. The lowest BCUT2D eigenvalue weighted by Gasteiger charge is -2.34. The van der Waals surface area contributed by atoms with E-state index < -0.39 is 0 Å². The van der Waals surface area contributed by atoms with Crippen molar-refractivity contribution in [3.8, 4) is 0 Å². The molecule has 116 valence electrons. The Balaban J connectivity index is 1.50. The van der Waals surface area contributed by atoms with E-state index in [0.717, 1.165) is 30.7 Å². The van der Waals surface area contributed by atoms with Gasteiger partial charge >= 0.3 is 0 Å². The maximum atomic E-state index is 12.8. The molecule has 2 N–H and O–H groups in total. The zero-order valence-corrected chi connectivity index (χ0v) is 12.7. The van der Waals surface area contributed by atoms with Crippen molar-refractivity contribution in [2.24, 2.45) is 5.41 Å². The highest BCUT2D eigenvalue weighted by Gasteiger charge is 2.54. The number of aromatic nitrogens is 3. The number of nitrogens with zero attached hydrogens (tertiary/aromatic N) is 3. The predicted molar refractivity (Wildman–Crippen MR) is 82.1 cm³/mol. The highest BCUT2D eigenvalue weighted by Crippen LogP contribution is 2.45. The average molecular weight is 299 g/mol. The zero-order chi connectivity index (χ0) is 15.2. The number of nitrogens with one attached hydrogen (secondary N) is 2. The summed E-state index contributed by atoms with van der Waals surface area (Å²) in [6, 6.07) is 6.63. The van der Waals surface area contributed by atoms with E-state index in [2.05, 4.69) is 27.8 Å². The summed E-state index contributed by atoms with van der Waals surface area (Å²) in [5, 5.41) is 15.0. The molecule has 6 nitrogen and oxygen atoms in total. The van der Waals surface area contributed by atoms with Crippen LogP contribution in [0, 0.1) is 5.41 Å². The number of carbonyl (C=O) groups excluding carboxylic acids is 1. The number of amides is 1. The summed E-state index contributed by atoms with van der Waals surface area (Å²) < 4.78 is 1.91. The molecule has 3 atom stereocenters. The van der Waals surface area contributed by atoms with Crippen LogP contribution in [0.15, 0.2) is 24.4 Å². The average Bonchev–Trinajstić information content (AvgIpc) is 3.26. The van der Waals surface area contributed by atoms with Gasteiger partial charge < -0.3 is 10.6 Å². The SMILES string of the molecule is CC[C@@]1(C(=O)NCc2nnc3ccccn23)C[C@@H]2CC[C@H]1N2. The third-order valence-electron chi connectivity index (χ3n) is 5.39. The Hall–Kier alpha value is -1.95. The molecule has 2 aliphatic rings. The Morgan fingerprint density at radius 2 is 2.36 bits per heavy atom. The van der Waals surface area contributed by atoms with Crippen molar-refractivity contribution >= 4 is 11.6 Å². The molecular weight excluding hydrogens is 278 g/mol. The molecule has 2 fully saturated rings. The lowest BCUT2D eigenvalue weighted by molar-refractivity contribution is -0.132. The second kappa shape index (κ2) is 5.05. The summed E-state index contributed by atoms with van der Waals surface area (Å²) in [6.07, 6.45) is 6.08. The summed E-state index contributed by atoms with van der Waals surface area (Å²) in [5.41, 5.74) is 0.558. The normalized spacial score (nSPS) is 30.0. The topological polar surface area (TPSA) is 71.3 Å². The van der Waals surface area contributed by atoms with E-state index in [1.807, 2.05) is 28.8 Å². The van der Waals surface area contributed by atoms with Gasteiger partial charge in [0, 0.05) is 18.3 Å². The molecule has 4 heterocycles. The van der Waals surface area contributed by atoms with Crippen LogP contribution in [0.3, 0.4) is 0 Å². The van der Waals surface area contributed by atoms with Crippen LogP contribution in [0.2, 0.25) is 0 Å². The Kier molecular flexibility index (Phi) is 3.14. The van der Waals surface area contributed by atoms with Crippen molar-refractivity contribution in [3.63, 3.8) is 0 Å². The highest BCUT2D eigenvalue weighted by atomic mass is 16.2. The Morgan fingerprint density at radius 1 is 1.45 bits per heavy atom. The van der Waals surface area contributed by atoms with Gasteiger partial charge in [-0.1, -0.05) is 13.0 Å². The minimum absolute atomic E-state index is 0.155. The van der Waals surface area contributed by atoms with Crippen molar-refractivity contribution in [2.75, 3.05) is 0 Å². The first kappa shape index (κ1) is 13.7. The van der Waals surface area contributed by atoms with E-state index in [-0.39, 0.29) is 11.3 Å². The molecule has 0 aromatic carbocycles. The summed E-state index contributed by atoms with van der Waals surface area (Å²) in [5.74, 6) is 0.925. The van der Waals surface area contributed by atoms with Crippen LogP contribution < -0.4 is 10.6 Å². The molecule has 0 spiro atoms. The van der Waals surface area contributed by atoms with E-state index in [1.165, 1.54) is 6.42 Å². The number of rotatable bonds is 4. The predicted octanol–water partition coefficient (Wildman–Crippen LogP) is 1.27. The maximum absolute atomic E-state index is 12.8. The first-order valence-electron chi connectivity index (χ1n) is 8.06. The third-order valence-corrected chi connectivity index (χ3v) is 5.39. The molecule has 4 rings (SSSR count). The molecule has 0 radical (unpaired) electrons. The molecular formula is C16H21N5O. The fourth-order valence-electron chi connectivity index (χ4n) is 4.15.